The number of hydrogen-bond donors (Lipinski definition) is 1. The first-order chi connectivity index (χ1) is 17.9. The number of rotatable bonds is 10. The number of thioether (sulfide) groups is 1. The Hall–Kier alpha value is -3.08. The molecule has 4 rings (SSSR count). The molecule has 0 aliphatic carbocycles. The van der Waals surface area contributed by atoms with Crippen LogP contribution in [-0.4, -0.2) is 25.7 Å². The number of hydrogen-bond acceptors (Lipinski definition) is 6. The zero-order chi connectivity index (χ0) is 27.5. The van der Waals surface area contributed by atoms with E-state index in [2.05, 4.69) is 9.88 Å². The van der Waals surface area contributed by atoms with Crippen LogP contribution < -0.4 is 0 Å². The summed E-state index contributed by atoms with van der Waals surface area (Å²) < 4.78 is 43.5. The molecule has 0 bridgehead atoms. The Morgan fingerprint density at radius 2 is 1.71 bits per heavy atom. The van der Waals surface area contributed by atoms with Crippen LogP contribution in [-0.2, 0) is 30.6 Å². The molecule has 0 saturated carbocycles. The van der Waals surface area contributed by atoms with E-state index in [0.29, 0.717) is 30.2 Å². The lowest BCUT2D eigenvalue weighted by Gasteiger charge is -2.22. The molecule has 0 atom stereocenters. The van der Waals surface area contributed by atoms with Crippen LogP contribution in [0.3, 0.4) is 0 Å². The number of furan rings is 1. The van der Waals surface area contributed by atoms with E-state index in [4.69, 9.17) is 4.42 Å². The van der Waals surface area contributed by atoms with Gasteiger partial charge in [-0.15, -0.1) is 23.1 Å². The average molecular weight is 561 g/mol. The maximum absolute atomic E-state index is 12.9. The van der Waals surface area contributed by atoms with Crippen molar-refractivity contribution in [1.82, 2.24) is 9.88 Å². The summed E-state index contributed by atoms with van der Waals surface area (Å²) in [5.74, 6) is -0.0581. The number of aryl methyl sites for hydroxylation is 1. The quantitative estimate of drug-likeness (QED) is 0.199. The Balaban J connectivity index is 1.51. The van der Waals surface area contributed by atoms with Crippen LogP contribution in [0.25, 0.3) is 10.6 Å². The molecule has 2 heterocycles. The van der Waals surface area contributed by atoms with Crippen molar-refractivity contribution in [3.8, 4) is 10.6 Å². The SMILES string of the molecule is Cc1nc(-c2ccc(C(F)(F)F)cc2)sc1CN(Cc1ccc(SC(C)(C)C(=O)O)cc1)Cc1ccco1. The number of halogens is 3. The predicted molar refractivity (Wildman–Crippen MR) is 143 cm³/mol. The van der Waals surface area contributed by atoms with Crippen LogP contribution in [0.5, 0.6) is 0 Å². The highest BCUT2D eigenvalue weighted by atomic mass is 32.2. The van der Waals surface area contributed by atoms with Crippen LogP contribution in [0.2, 0.25) is 0 Å². The molecule has 0 fully saturated rings. The fraction of sp³-hybridized carbons (Fsp3) is 0.286. The van der Waals surface area contributed by atoms with Crippen molar-refractivity contribution in [2.45, 2.75) is 56.2 Å². The van der Waals surface area contributed by atoms with Gasteiger partial charge in [-0.2, -0.15) is 13.2 Å². The van der Waals surface area contributed by atoms with Crippen molar-refractivity contribution in [1.29, 1.82) is 0 Å². The molecule has 0 aliphatic rings. The summed E-state index contributed by atoms with van der Waals surface area (Å²) >= 11 is 2.76. The van der Waals surface area contributed by atoms with Crippen LogP contribution in [0.15, 0.2) is 76.2 Å². The van der Waals surface area contributed by atoms with Crippen molar-refractivity contribution >= 4 is 29.1 Å². The van der Waals surface area contributed by atoms with Crippen molar-refractivity contribution in [2.24, 2.45) is 0 Å². The summed E-state index contributed by atoms with van der Waals surface area (Å²) in [6.45, 7) is 7.00. The number of carbonyl (C=O) groups is 1. The minimum absolute atomic E-state index is 0.558. The van der Waals surface area contributed by atoms with E-state index >= 15 is 0 Å². The normalized spacial score (nSPS) is 12.3. The predicted octanol–water partition coefficient (Wildman–Crippen LogP) is 7.89. The van der Waals surface area contributed by atoms with E-state index in [9.17, 15) is 23.1 Å². The monoisotopic (exact) mass is 560 g/mol. The fourth-order valence-corrected chi connectivity index (χ4v) is 5.81. The lowest BCUT2D eigenvalue weighted by atomic mass is 10.1. The third kappa shape index (κ3) is 7.06. The van der Waals surface area contributed by atoms with Gasteiger partial charge in [0.2, 0.25) is 0 Å². The molecule has 1 N–H and O–H groups in total. The minimum Gasteiger partial charge on any atom is -0.480 e. The van der Waals surface area contributed by atoms with Gasteiger partial charge in [-0.05, 0) is 62.7 Å². The lowest BCUT2D eigenvalue weighted by molar-refractivity contribution is -0.139. The van der Waals surface area contributed by atoms with Crippen molar-refractivity contribution in [3.63, 3.8) is 0 Å². The molecule has 0 saturated heterocycles. The molecular weight excluding hydrogens is 533 g/mol. The molecule has 2 aromatic heterocycles. The van der Waals surface area contributed by atoms with Gasteiger partial charge in [-0.1, -0.05) is 24.3 Å². The van der Waals surface area contributed by atoms with Crippen LogP contribution >= 0.6 is 23.1 Å². The summed E-state index contributed by atoms with van der Waals surface area (Å²) in [5, 5.41) is 10.1. The first kappa shape index (κ1) is 27.9. The zero-order valence-electron chi connectivity index (χ0n) is 21.1. The first-order valence-electron chi connectivity index (χ1n) is 11.8. The second-order valence-corrected chi connectivity index (χ2v) is 12.2. The van der Waals surface area contributed by atoms with Gasteiger partial charge < -0.3 is 9.52 Å². The topological polar surface area (TPSA) is 66.6 Å². The van der Waals surface area contributed by atoms with E-state index in [1.807, 2.05) is 43.3 Å². The summed E-state index contributed by atoms with van der Waals surface area (Å²) in [6, 6.07) is 16.6. The van der Waals surface area contributed by atoms with E-state index in [-0.39, 0.29) is 0 Å². The zero-order valence-corrected chi connectivity index (χ0v) is 22.7. The number of thiazole rings is 1. The summed E-state index contributed by atoms with van der Waals surface area (Å²) in [7, 11) is 0. The largest absolute Gasteiger partial charge is 0.480 e. The van der Waals surface area contributed by atoms with Gasteiger partial charge in [-0.3, -0.25) is 9.69 Å². The Morgan fingerprint density at radius 3 is 2.29 bits per heavy atom. The highest BCUT2D eigenvalue weighted by molar-refractivity contribution is 8.01. The van der Waals surface area contributed by atoms with Crippen LogP contribution in [0.4, 0.5) is 13.2 Å². The van der Waals surface area contributed by atoms with Gasteiger partial charge >= 0.3 is 12.1 Å². The minimum atomic E-state index is -4.38. The number of carboxylic acid groups (broad SMARTS) is 1. The molecule has 2 aromatic carbocycles. The highest BCUT2D eigenvalue weighted by Crippen LogP contribution is 2.35. The van der Waals surface area contributed by atoms with Gasteiger partial charge in [0.15, 0.2) is 0 Å². The second-order valence-electron chi connectivity index (χ2n) is 9.39. The molecule has 0 amide bonds. The fourth-order valence-electron chi connectivity index (χ4n) is 3.75. The molecule has 0 spiro atoms. The molecule has 5 nitrogen and oxygen atoms in total. The van der Waals surface area contributed by atoms with Crippen molar-refractivity contribution in [3.05, 3.63) is 94.4 Å². The van der Waals surface area contributed by atoms with Crippen molar-refractivity contribution in [2.75, 3.05) is 0 Å². The summed E-state index contributed by atoms with van der Waals surface area (Å²) in [6.07, 6.45) is -2.75. The number of benzene rings is 2. The maximum atomic E-state index is 12.9. The molecule has 0 radical (unpaired) electrons. The first-order valence-corrected chi connectivity index (χ1v) is 13.4. The van der Waals surface area contributed by atoms with E-state index in [0.717, 1.165) is 38.9 Å². The number of alkyl halides is 3. The van der Waals surface area contributed by atoms with E-state index in [1.165, 1.54) is 35.2 Å². The Bertz CT molecular complexity index is 1360. The molecule has 0 aliphatic heterocycles. The highest BCUT2D eigenvalue weighted by Gasteiger charge is 2.30. The van der Waals surface area contributed by atoms with Gasteiger partial charge in [0.05, 0.1) is 24.1 Å². The van der Waals surface area contributed by atoms with E-state index in [1.54, 1.807) is 20.1 Å². The standard InChI is InChI=1S/C28H27F3N2O3S2/c1-18-24(37-25(32-18)20-8-10-21(11-9-20)28(29,30)31)17-33(16-22-5-4-14-36-22)15-19-6-12-23(13-7-19)38-27(2,3)26(34)35/h4-14H,15-17H2,1-3H3,(H,34,35). The number of nitrogens with zero attached hydrogens (tertiary/aromatic N) is 2. The van der Waals surface area contributed by atoms with Gasteiger partial charge in [-0.25, -0.2) is 4.98 Å². The number of aromatic nitrogens is 1. The van der Waals surface area contributed by atoms with Crippen molar-refractivity contribution < 1.29 is 27.5 Å². The van der Waals surface area contributed by atoms with Crippen LogP contribution in [0, 0.1) is 6.92 Å². The average Bonchev–Trinajstić information content (AvgIpc) is 3.49. The summed E-state index contributed by atoms with van der Waals surface area (Å²) in [4.78, 5) is 20.2. The van der Waals surface area contributed by atoms with E-state index < -0.39 is 22.5 Å². The third-order valence-electron chi connectivity index (χ3n) is 5.90. The molecule has 10 heteroatoms. The lowest BCUT2D eigenvalue weighted by Crippen LogP contribution is -2.26. The molecule has 0 unspecified atom stereocenters. The van der Waals surface area contributed by atoms with Crippen LogP contribution in [0.1, 0.15) is 41.3 Å². The molecule has 200 valence electrons. The summed E-state index contributed by atoms with van der Waals surface area (Å²) in [5.41, 5.74) is 1.85. The Morgan fingerprint density at radius 1 is 1.03 bits per heavy atom. The van der Waals surface area contributed by atoms with Gasteiger partial charge in [0.1, 0.15) is 15.5 Å². The smallest absolute Gasteiger partial charge is 0.416 e. The van der Waals surface area contributed by atoms with Gasteiger partial charge in [0, 0.05) is 28.4 Å². The third-order valence-corrected chi connectivity index (χ3v) is 8.28. The van der Waals surface area contributed by atoms with Gasteiger partial charge in [0.25, 0.3) is 0 Å². The Labute approximate surface area is 227 Å². The molecular formula is C28H27F3N2O3S2. The number of carboxylic acids is 1. The molecule has 38 heavy (non-hydrogen) atoms. The number of aliphatic carboxylic acids is 1. The Kier molecular flexibility index (Phi) is 8.34. The maximum Gasteiger partial charge on any atom is 0.416 e. The second kappa shape index (κ2) is 11.3. The molecule has 4 aromatic rings.